The second-order valence-electron chi connectivity index (χ2n) is 5.68. The summed E-state index contributed by atoms with van der Waals surface area (Å²) in [6.07, 6.45) is 8.33. The van der Waals surface area contributed by atoms with E-state index in [-0.39, 0.29) is 0 Å². The molecule has 0 unspecified atom stereocenters. The molecule has 1 N–H and O–H groups in total. The first kappa shape index (κ1) is 14.4. The fraction of sp³-hybridized carbons (Fsp3) is 0.467. The SMILES string of the molecule is CN(Cc1cnn(C)c1)c1ncc(CNC2CC2)cc1Cl. The fourth-order valence-corrected chi connectivity index (χ4v) is 2.63. The smallest absolute Gasteiger partial charge is 0.147 e. The first-order chi connectivity index (χ1) is 10.1. The molecular formula is C15H20ClN5. The maximum atomic E-state index is 6.37. The van der Waals surface area contributed by atoms with Crippen LogP contribution in [0.5, 0.6) is 0 Å². The van der Waals surface area contributed by atoms with Crippen LogP contribution in [-0.4, -0.2) is 27.9 Å². The Kier molecular flexibility index (Phi) is 4.12. The van der Waals surface area contributed by atoms with Crippen LogP contribution in [0.15, 0.2) is 24.7 Å². The van der Waals surface area contributed by atoms with Gasteiger partial charge >= 0.3 is 0 Å². The van der Waals surface area contributed by atoms with Gasteiger partial charge in [-0.2, -0.15) is 5.10 Å². The topological polar surface area (TPSA) is 46.0 Å². The van der Waals surface area contributed by atoms with Gasteiger partial charge < -0.3 is 10.2 Å². The van der Waals surface area contributed by atoms with Crippen molar-refractivity contribution >= 4 is 17.4 Å². The summed E-state index contributed by atoms with van der Waals surface area (Å²) in [6.45, 7) is 1.57. The van der Waals surface area contributed by atoms with Crippen molar-refractivity contribution in [2.45, 2.75) is 32.0 Å². The van der Waals surface area contributed by atoms with E-state index in [4.69, 9.17) is 11.6 Å². The Morgan fingerprint density at radius 3 is 2.81 bits per heavy atom. The summed E-state index contributed by atoms with van der Waals surface area (Å²) >= 11 is 6.37. The average molecular weight is 306 g/mol. The van der Waals surface area contributed by atoms with Gasteiger partial charge in [-0.05, 0) is 24.5 Å². The number of pyridine rings is 1. The van der Waals surface area contributed by atoms with E-state index < -0.39 is 0 Å². The first-order valence-corrected chi connectivity index (χ1v) is 7.56. The normalized spacial score (nSPS) is 14.4. The molecular weight excluding hydrogens is 286 g/mol. The van der Waals surface area contributed by atoms with E-state index in [1.807, 2.05) is 43.7 Å². The van der Waals surface area contributed by atoms with E-state index in [2.05, 4.69) is 15.4 Å². The summed E-state index contributed by atoms with van der Waals surface area (Å²) in [6, 6.07) is 2.69. The lowest BCUT2D eigenvalue weighted by molar-refractivity contribution is 0.685. The Bertz CT molecular complexity index is 620. The minimum atomic E-state index is 0.691. The molecule has 0 bridgehead atoms. The minimum Gasteiger partial charge on any atom is -0.354 e. The molecule has 3 rings (SSSR count). The maximum Gasteiger partial charge on any atom is 0.147 e. The molecule has 2 aromatic heterocycles. The molecule has 0 aliphatic heterocycles. The van der Waals surface area contributed by atoms with Crippen LogP contribution in [0.1, 0.15) is 24.0 Å². The summed E-state index contributed by atoms with van der Waals surface area (Å²) < 4.78 is 1.80. The van der Waals surface area contributed by atoms with Gasteiger partial charge in [0.2, 0.25) is 0 Å². The zero-order valence-corrected chi connectivity index (χ0v) is 13.1. The van der Waals surface area contributed by atoms with Crippen molar-refractivity contribution in [1.29, 1.82) is 0 Å². The van der Waals surface area contributed by atoms with E-state index in [0.717, 1.165) is 30.0 Å². The number of aryl methyl sites for hydroxylation is 1. The Hall–Kier alpha value is -1.59. The van der Waals surface area contributed by atoms with Crippen LogP contribution < -0.4 is 10.2 Å². The highest BCUT2D eigenvalue weighted by molar-refractivity contribution is 6.33. The Morgan fingerprint density at radius 2 is 2.19 bits per heavy atom. The van der Waals surface area contributed by atoms with Gasteiger partial charge in [-0.25, -0.2) is 4.98 Å². The number of nitrogens with one attached hydrogen (secondary N) is 1. The highest BCUT2D eigenvalue weighted by Crippen LogP contribution is 2.25. The highest BCUT2D eigenvalue weighted by Gasteiger charge is 2.20. The van der Waals surface area contributed by atoms with Gasteiger partial charge in [-0.1, -0.05) is 11.6 Å². The lowest BCUT2D eigenvalue weighted by Gasteiger charge is -2.19. The van der Waals surface area contributed by atoms with E-state index in [1.54, 1.807) is 4.68 Å². The van der Waals surface area contributed by atoms with Crippen LogP contribution in [0.4, 0.5) is 5.82 Å². The molecule has 2 aromatic rings. The van der Waals surface area contributed by atoms with Crippen LogP contribution >= 0.6 is 11.6 Å². The number of rotatable bonds is 6. The molecule has 0 radical (unpaired) electrons. The largest absolute Gasteiger partial charge is 0.354 e. The molecule has 1 aliphatic carbocycles. The number of nitrogens with zero attached hydrogens (tertiary/aromatic N) is 4. The third kappa shape index (κ3) is 3.74. The fourth-order valence-electron chi connectivity index (χ4n) is 2.30. The Balaban J connectivity index is 1.65. The second-order valence-corrected chi connectivity index (χ2v) is 6.09. The molecule has 5 nitrogen and oxygen atoms in total. The number of hydrogen-bond donors (Lipinski definition) is 1. The van der Waals surface area contributed by atoms with E-state index in [0.29, 0.717) is 11.1 Å². The van der Waals surface area contributed by atoms with Crippen LogP contribution in [0, 0.1) is 0 Å². The number of halogens is 1. The first-order valence-electron chi connectivity index (χ1n) is 7.18. The lowest BCUT2D eigenvalue weighted by atomic mass is 10.2. The molecule has 0 atom stereocenters. The molecule has 0 saturated heterocycles. The van der Waals surface area contributed by atoms with Crippen molar-refractivity contribution in [2.75, 3.05) is 11.9 Å². The van der Waals surface area contributed by atoms with Gasteiger partial charge in [-0.3, -0.25) is 4.68 Å². The van der Waals surface area contributed by atoms with E-state index in [9.17, 15) is 0 Å². The maximum absolute atomic E-state index is 6.37. The van der Waals surface area contributed by atoms with Gasteiger partial charge in [0.15, 0.2) is 0 Å². The van der Waals surface area contributed by atoms with Crippen molar-refractivity contribution in [3.8, 4) is 0 Å². The third-order valence-electron chi connectivity index (χ3n) is 3.59. The molecule has 112 valence electrons. The van der Waals surface area contributed by atoms with Gasteiger partial charge in [0.1, 0.15) is 5.82 Å². The number of anilines is 1. The van der Waals surface area contributed by atoms with Crippen molar-refractivity contribution in [2.24, 2.45) is 7.05 Å². The third-order valence-corrected chi connectivity index (χ3v) is 3.87. The number of aromatic nitrogens is 3. The predicted molar refractivity (Wildman–Crippen MR) is 84.4 cm³/mol. The second kappa shape index (κ2) is 6.03. The van der Waals surface area contributed by atoms with E-state index in [1.165, 1.54) is 12.8 Å². The molecule has 1 fully saturated rings. The standard InChI is InChI=1S/C15H20ClN5/c1-20(9-12-8-19-21(2)10-12)15-14(16)5-11(7-18-15)6-17-13-3-4-13/h5,7-8,10,13,17H,3-4,6,9H2,1-2H3. The van der Waals surface area contributed by atoms with Crippen molar-refractivity contribution in [3.63, 3.8) is 0 Å². The van der Waals surface area contributed by atoms with Crippen molar-refractivity contribution < 1.29 is 0 Å². The molecule has 0 aromatic carbocycles. The molecule has 2 heterocycles. The van der Waals surface area contributed by atoms with Gasteiger partial charge in [-0.15, -0.1) is 0 Å². The van der Waals surface area contributed by atoms with E-state index >= 15 is 0 Å². The molecule has 21 heavy (non-hydrogen) atoms. The van der Waals surface area contributed by atoms with Crippen LogP contribution in [0.2, 0.25) is 5.02 Å². The summed E-state index contributed by atoms with van der Waals surface area (Å²) in [5, 5.41) is 8.33. The van der Waals surface area contributed by atoms with Gasteiger partial charge in [0.05, 0.1) is 11.2 Å². The Morgan fingerprint density at radius 1 is 1.38 bits per heavy atom. The van der Waals surface area contributed by atoms with Gasteiger partial charge in [0, 0.05) is 51.2 Å². The molecule has 1 aliphatic rings. The number of hydrogen-bond acceptors (Lipinski definition) is 4. The van der Waals surface area contributed by atoms with Gasteiger partial charge in [0.25, 0.3) is 0 Å². The van der Waals surface area contributed by atoms with Crippen LogP contribution in [-0.2, 0) is 20.1 Å². The van der Waals surface area contributed by atoms with Crippen LogP contribution in [0.25, 0.3) is 0 Å². The zero-order valence-electron chi connectivity index (χ0n) is 12.4. The Labute approximate surface area is 129 Å². The minimum absolute atomic E-state index is 0.691. The molecule has 0 amide bonds. The molecule has 1 saturated carbocycles. The average Bonchev–Trinajstić information content (AvgIpc) is 3.19. The lowest BCUT2D eigenvalue weighted by Crippen LogP contribution is -2.19. The van der Waals surface area contributed by atoms with Crippen LogP contribution in [0.3, 0.4) is 0 Å². The van der Waals surface area contributed by atoms with Crippen molar-refractivity contribution in [1.82, 2.24) is 20.1 Å². The summed E-state index contributed by atoms with van der Waals surface area (Å²) in [5.41, 5.74) is 2.27. The molecule has 0 spiro atoms. The summed E-state index contributed by atoms with van der Waals surface area (Å²) in [7, 11) is 3.90. The zero-order chi connectivity index (χ0) is 14.8. The summed E-state index contributed by atoms with van der Waals surface area (Å²) in [5.74, 6) is 0.802. The van der Waals surface area contributed by atoms with Crippen molar-refractivity contribution in [3.05, 3.63) is 40.8 Å². The monoisotopic (exact) mass is 305 g/mol. The predicted octanol–water partition coefficient (Wildman–Crippen LogP) is 2.36. The summed E-state index contributed by atoms with van der Waals surface area (Å²) in [4.78, 5) is 6.55. The highest BCUT2D eigenvalue weighted by atomic mass is 35.5. The quantitative estimate of drug-likeness (QED) is 0.890. The molecule has 6 heteroatoms.